The molecule has 0 N–H and O–H groups in total. The van der Waals surface area contributed by atoms with Gasteiger partial charge in [-0.05, 0) is 24.7 Å². The summed E-state index contributed by atoms with van der Waals surface area (Å²) in [5.74, 6) is 4.44. The van der Waals surface area contributed by atoms with Crippen LogP contribution >= 0.6 is 0 Å². The zero-order valence-corrected chi connectivity index (χ0v) is 12.1. The highest BCUT2D eigenvalue weighted by molar-refractivity contribution is 5.76. The first-order valence-corrected chi connectivity index (χ1v) is 7.88. The third-order valence-corrected chi connectivity index (χ3v) is 5.12. The quantitative estimate of drug-likeness (QED) is 0.710. The van der Waals surface area contributed by atoms with Crippen LogP contribution in [-0.4, -0.2) is 29.6 Å². The lowest BCUT2D eigenvalue weighted by Gasteiger charge is -2.22. The van der Waals surface area contributed by atoms with Crippen molar-refractivity contribution in [3.05, 3.63) is 0 Å². The molecule has 4 heteroatoms. The average Bonchev–Trinajstić information content (AvgIpc) is 3.11. The smallest absolute Gasteiger partial charge is 0.222 e. The Morgan fingerprint density at radius 2 is 1.85 bits per heavy atom. The lowest BCUT2D eigenvalue weighted by molar-refractivity contribution is -0.130. The number of hydrogen-bond donors (Lipinski definition) is 0. The maximum Gasteiger partial charge on any atom is 0.222 e. The zero-order valence-electron chi connectivity index (χ0n) is 12.1. The van der Waals surface area contributed by atoms with Gasteiger partial charge in [0.05, 0.1) is 0 Å². The predicted octanol–water partition coefficient (Wildman–Crippen LogP) is 2.99. The van der Waals surface area contributed by atoms with Crippen molar-refractivity contribution in [2.75, 3.05) is 13.1 Å². The first-order chi connectivity index (χ1) is 9.72. The molecule has 20 heavy (non-hydrogen) atoms. The fourth-order valence-electron chi connectivity index (χ4n) is 3.74. The summed E-state index contributed by atoms with van der Waals surface area (Å²) in [6.45, 7) is 1.96. The number of amides is 1. The van der Waals surface area contributed by atoms with E-state index in [-0.39, 0.29) is 11.6 Å². The van der Waals surface area contributed by atoms with Crippen LogP contribution in [0.1, 0.15) is 51.4 Å². The van der Waals surface area contributed by atoms with Crippen molar-refractivity contribution in [3.63, 3.8) is 0 Å². The molecule has 0 bridgehead atoms. The van der Waals surface area contributed by atoms with Gasteiger partial charge in [-0.1, -0.05) is 12.8 Å². The van der Waals surface area contributed by atoms with E-state index in [2.05, 4.69) is 21.0 Å². The molecule has 2 fully saturated rings. The van der Waals surface area contributed by atoms with Gasteiger partial charge >= 0.3 is 0 Å². The second-order valence-corrected chi connectivity index (χ2v) is 6.49. The van der Waals surface area contributed by atoms with Crippen molar-refractivity contribution in [1.82, 2.24) is 4.90 Å². The van der Waals surface area contributed by atoms with E-state index in [9.17, 15) is 4.79 Å². The summed E-state index contributed by atoms with van der Waals surface area (Å²) >= 11 is 0. The van der Waals surface area contributed by atoms with E-state index in [1.165, 1.54) is 25.7 Å². The van der Waals surface area contributed by atoms with Crippen molar-refractivity contribution in [3.8, 4) is 12.3 Å². The lowest BCUT2D eigenvalue weighted by Crippen LogP contribution is -2.30. The Kier molecular flexibility index (Phi) is 3.78. The molecule has 2 heterocycles. The number of rotatable bonds is 5. The van der Waals surface area contributed by atoms with Crippen LogP contribution in [0.5, 0.6) is 0 Å². The molecule has 0 aromatic rings. The lowest BCUT2D eigenvalue weighted by atomic mass is 9.82. The molecule has 0 aromatic carbocycles. The minimum absolute atomic E-state index is 0.289. The van der Waals surface area contributed by atoms with Gasteiger partial charge in [0.2, 0.25) is 5.91 Å². The number of terminal acetylenes is 1. The van der Waals surface area contributed by atoms with Gasteiger partial charge in [-0.2, -0.15) is 10.2 Å². The van der Waals surface area contributed by atoms with E-state index >= 15 is 0 Å². The fraction of sp³-hybridized carbons (Fsp3) is 0.812. The van der Waals surface area contributed by atoms with Gasteiger partial charge in [0.1, 0.15) is 0 Å². The van der Waals surface area contributed by atoms with Crippen LogP contribution in [0.25, 0.3) is 0 Å². The molecule has 0 radical (unpaired) electrons. The summed E-state index contributed by atoms with van der Waals surface area (Å²) in [5, 5.41) is 8.20. The number of fused-ring (bicyclic) bond motifs is 1. The Hall–Kier alpha value is -1.37. The monoisotopic (exact) mass is 273 g/mol. The van der Waals surface area contributed by atoms with Gasteiger partial charge in [-0.15, -0.1) is 12.3 Å². The van der Waals surface area contributed by atoms with E-state index < -0.39 is 0 Å². The molecule has 108 valence electrons. The van der Waals surface area contributed by atoms with Gasteiger partial charge in [0.25, 0.3) is 0 Å². The SMILES string of the molecule is C#CCCC1(CCC(=O)N2C[C@H]3CCCC[C@H]3C2)N=N1. The largest absolute Gasteiger partial charge is 0.342 e. The molecule has 2 aliphatic heterocycles. The molecule has 1 saturated carbocycles. The first-order valence-electron chi connectivity index (χ1n) is 7.88. The molecule has 0 spiro atoms. The highest BCUT2D eigenvalue weighted by Gasteiger charge is 2.41. The van der Waals surface area contributed by atoms with E-state index in [1.54, 1.807) is 0 Å². The van der Waals surface area contributed by atoms with Crippen LogP contribution in [0.2, 0.25) is 0 Å². The summed E-state index contributed by atoms with van der Waals surface area (Å²) in [4.78, 5) is 14.4. The van der Waals surface area contributed by atoms with Crippen molar-refractivity contribution in [2.45, 2.75) is 57.0 Å². The van der Waals surface area contributed by atoms with Crippen LogP contribution in [-0.2, 0) is 4.79 Å². The Morgan fingerprint density at radius 3 is 2.40 bits per heavy atom. The molecule has 4 nitrogen and oxygen atoms in total. The third-order valence-electron chi connectivity index (χ3n) is 5.12. The highest BCUT2D eigenvalue weighted by atomic mass is 16.2. The molecule has 1 saturated heterocycles. The molecule has 1 amide bonds. The molecule has 1 aliphatic carbocycles. The van der Waals surface area contributed by atoms with Crippen LogP contribution in [0.15, 0.2) is 10.2 Å². The van der Waals surface area contributed by atoms with Crippen molar-refractivity contribution in [1.29, 1.82) is 0 Å². The maximum atomic E-state index is 12.3. The van der Waals surface area contributed by atoms with Gasteiger partial charge < -0.3 is 4.90 Å². The normalized spacial score (nSPS) is 29.9. The number of nitrogens with zero attached hydrogens (tertiary/aromatic N) is 3. The summed E-state index contributed by atoms with van der Waals surface area (Å²) in [6.07, 6.45) is 13.4. The van der Waals surface area contributed by atoms with Crippen LogP contribution in [0, 0.1) is 24.2 Å². The standard InChI is InChI=1S/C16H23N3O/c1-2-3-9-16(17-18-16)10-8-15(20)19-11-13-6-4-5-7-14(13)12-19/h1,13-14H,3-12H2/t13-,14+. The topological polar surface area (TPSA) is 45.0 Å². The summed E-state index contributed by atoms with van der Waals surface area (Å²) in [5.41, 5.74) is -0.311. The molecular weight excluding hydrogens is 250 g/mol. The Bertz CT molecular complexity index is 431. The number of carbonyl (C=O) groups is 1. The Morgan fingerprint density at radius 1 is 1.20 bits per heavy atom. The highest BCUT2D eigenvalue weighted by Crippen LogP contribution is 2.39. The van der Waals surface area contributed by atoms with E-state index in [0.29, 0.717) is 12.8 Å². The maximum absolute atomic E-state index is 12.3. The third kappa shape index (κ3) is 2.87. The zero-order chi connectivity index (χ0) is 14.0. The molecule has 0 aromatic heterocycles. The van der Waals surface area contributed by atoms with E-state index in [4.69, 9.17) is 6.42 Å². The molecule has 3 rings (SSSR count). The molecule has 0 unspecified atom stereocenters. The van der Waals surface area contributed by atoms with Crippen LogP contribution in [0.3, 0.4) is 0 Å². The Balaban J connectivity index is 1.45. The Labute approximate surface area is 121 Å². The molecule has 3 aliphatic rings. The van der Waals surface area contributed by atoms with Crippen LogP contribution < -0.4 is 0 Å². The van der Waals surface area contributed by atoms with Crippen molar-refractivity contribution in [2.24, 2.45) is 22.1 Å². The van der Waals surface area contributed by atoms with E-state index in [0.717, 1.165) is 37.8 Å². The van der Waals surface area contributed by atoms with E-state index in [1.807, 2.05) is 0 Å². The average molecular weight is 273 g/mol. The van der Waals surface area contributed by atoms with Crippen molar-refractivity contribution < 1.29 is 4.79 Å². The van der Waals surface area contributed by atoms with Gasteiger partial charge in [0.15, 0.2) is 5.66 Å². The van der Waals surface area contributed by atoms with Crippen molar-refractivity contribution >= 4 is 5.91 Å². The second kappa shape index (κ2) is 5.55. The first kappa shape index (κ1) is 13.6. The molecule has 2 atom stereocenters. The second-order valence-electron chi connectivity index (χ2n) is 6.49. The van der Waals surface area contributed by atoms with Gasteiger partial charge in [-0.3, -0.25) is 4.79 Å². The minimum Gasteiger partial charge on any atom is -0.342 e. The number of likely N-dealkylation sites (tertiary alicyclic amines) is 1. The summed E-state index contributed by atoms with van der Waals surface area (Å²) in [6, 6.07) is 0. The summed E-state index contributed by atoms with van der Waals surface area (Å²) in [7, 11) is 0. The predicted molar refractivity (Wildman–Crippen MR) is 76.9 cm³/mol. The number of carbonyl (C=O) groups excluding carboxylic acids is 1. The minimum atomic E-state index is -0.311. The molecular formula is C16H23N3O. The summed E-state index contributed by atoms with van der Waals surface area (Å²) < 4.78 is 0. The fourth-order valence-corrected chi connectivity index (χ4v) is 3.74. The number of hydrogen-bond acceptors (Lipinski definition) is 3. The van der Waals surface area contributed by atoms with Gasteiger partial charge in [0, 0.05) is 38.8 Å². The van der Waals surface area contributed by atoms with Crippen LogP contribution in [0.4, 0.5) is 0 Å². The van der Waals surface area contributed by atoms with Gasteiger partial charge in [-0.25, -0.2) is 0 Å².